The second kappa shape index (κ2) is 7.37. The first-order valence-electron chi connectivity index (χ1n) is 9.73. The van der Waals surface area contributed by atoms with E-state index in [1.54, 1.807) is 4.90 Å². The number of rotatable bonds is 4. The molecule has 2 aromatic rings. The van der Waals surface area contributed by atoms with Gasteiger partial charge in [0.2, 0.25) is 0 Å². The van der Waals surface area contributed by atoms with Crippen molar-refractivity contribution in [3.8, 4) is 0 Å². The normalized spacial score (nSPS) is 21.8. The van der Waals surface area contributed by atoms with Gasteiger partial charge in [0.1, 0.15) is 0 Å². The van der Waals surface area contributed by atoms with Crippen molar-refractivity contribution >= 4 is 15.7 Å². The van der Waals surface area contributed by atoms with Gasteiger partial charge in [-0.05, 0) is 42.0 Å². The van der Waals surface area contributed by atoms with Gasteiger partial charge in [0, 0.05) is 31.0 Å². The van der Waals surface area contributed by atoms with Crippen LogP contribution in [0.4, 0.5) is 32.0 Å². The molecule has 1 saturated carbocycles. The molecule has 1 fully saturated rings. The number of hydrogen-bond acceptors (Lipinski definition) is 4. The highest BCUT2D eigenvalue weighted by molar-refractivity contribution is 7.89. The number of anilines is 1. The van der Waals surface area contributed by atoms with Gasteiger partial charge in [0.15, 0.2) is 0 Å². The number of aromatic amines is 1. The zero-order chi connectivity index (χ0) is 23.5. The van der Waals surface area contributed by atoms with Crippen molar-refractivity contribution in [2.75, 3.05) is 11.4 Å². The molecule has 0 radical (unpaired) electrons. The average Bonchev–Trinajstić information content (AvgIpc) is 3.25. The fourth-order valence-corrected chi connectivity index (χ4v) is 5.03. The van der Waals surface area contributed by atoms with E-state index in [0.29, 0.717) is 18.5 Å². The molecule has 1 aliphatic heterocycles. The average molecular weight is 482 g/mol. The smallest absolute Gasteiger partial charge is 0.361 e. The predicted molar refractivity (Wildman–Crippen MR) is 103 cm³/mol. The summed E-state index contributed by atoms with van der Waals surface area (Å²) in [7, 11) is -5.76. The number of sulfonamides is 1. The van der Waals surface area contributed by atoms with Crippen molar-refractivity contribution in [2.24, 2.45) is 5.41 Å². The van der Waals surface area contributed by atoms with E-state index >= 15 is 0 Å². The quantitative estimate of drug-likeness (QED) is 0.661. The number of benzene rings is 1. The first kappa shape index (κ1) is 22.9. The highest BCUT2D eigenvalue weighted by Gasteiger charge is 2.55. The Labute approximate surface area is 180 Å². The molecular formula is C19H20F6N4O2S. The fraction of sp³-hybridized carbons (Fsp3) is 0.526. The number of H-pyrrole nitrogens is 1. The lowest BCUT2D eigenvalue weighted by Gasteiger charge is -2.38. The third-order valence-electron chi connectivity index (χ3n) is 6.19. The van der Waals surface area contributed by atoms with Gasteiger partial charge in [-0.1, -0.05) is 6.92 Å². The Balaban J connectivity index is 1.88. The van der Waals surface area contributed by atoms with E-state index in [-0.39, 0.29) is 22.1 Å². The minimum absolute atomic E-state index is 0.124. The van der Waals surface area contributed by atoms with E-state index in [0.717, 1.165) is 12.1 Å². The van der Waals surface area contributed by atoms with Gasteiger partial charge in [0.05, 0.1) is 24.1 Å². The van der Waals surface area contributed by atoms with Gasteiger partial charge in [-0.2, -0.15) is 30.6 Å². The largest absolute Gasteiger partial charge is 0.511 e. The highest BCUT2D eigenvalue weighted by atomic mass is 32.2. The summed E-state index contributed by atoms with van der Waals surface area (Å²) in [6.45, 7) is 0.652. The van der Waals surface area contributed by atoms with Crippen LogP contribution >= 0.6 is 0 Å². The molecule has 1 atom stereocenters. The Morgan fingerprint density at radius 1 is 1.19 bits per heavy atom. The van der Waals surface area contributed by atoms with Crippen LogP contribution in [0.1, 0.15) is 36.6 Å². The molecule has 0 unspecified atom stereocenters. The van der Waals surface area contributed by atoms with Crippen LogP contribution < -0.4 is 4.90 Å². The first-order valence-corrected chi connectivity index (χ1v) is 11.2. The molecular weight excluding hydrogens is 462 g/mol. The third kappa shape index (κ3) is 4.07. The van der Waals surface area contributed by atoms with Crippen LogP contribution in [0.15, 0.2) is 30.7 Å². The van der Waals surface area contributed by atoms with Gasteiger partial charge < -0.3 is 9.88 Å². The van der Waals surface area contributed by atoms with E-state index in [2.05, 4.69) is 9.97 Å². The highest BCUT2D eigenvalue weighted by Crippen LogP contribution is 2.53. The van der Waals surface area contributed by atoms with Crippen LogP contribution in [0.25, 0.3) is 0 Å². The molecule has 2 heterocycles. The van der Waals surface area contributed by atoms with Crippen molar-refractivity contribution < 1.29 is 34.8 Å². The Bertz CT molecular complexity index is 1090. The van der Waals surface area contributed by atoms with Crippen LogP contribution in [0.2, 0.25) is 0 Å². The molecule has 1 aromatic carbocycles. The molecule has 0 amide bonds. The maximum Gasteiger partial charge on any atom is 0.511 e. The molecule has 13 heteroatoms. The van der Waals surface area contributed by atoms with Crippen LogP contribution in [0.5, 0.6) is 0 Å². The molecule has 4 rings (SSSR count). The molecule has 176 valence electrons. The number of nitrogens with zero attached hydrogens (tertiary/aromatic N) is 3. The summed E-state index contributed by atoms with van der Waals surface area (Å²) in [5, 5.41) is 0. The topological polar surface area (TPSA) is 69.3 Å². The summed E-state index contributed by atoms with van der Waals surface area (Å²) in [4.78, 5) is 8.50. The number of imidazole rings is 1. The maximum absolute atomic E-state index is 13.4. The van der Waals surface area contributed by atoms with Gasteiger partial charge >= 0.3 is 21.7 Å². The summed E-state index contributed by atoms with van der Waals surface area (Å²) in [5.74, 6) is 0. The van der Waals surface area contributed by atoms with E-state index < -0.39 is 51.8 Å². The van der Waals surface area contributed by atoms with Crippen LogP contribution in [0.3, 0.4) is 0 Å². The third-order valence-corrected chi connectivity index (χ3v) is 7.73. The second-order valence-corrected chi connectivity index (χ2v) is 10.4. The van der Waals surface area contributed by atoms with Crippen molar-refractivity contribution in [3.05, 3.63) is 47.5 Å². The van der Waals surface area contributed by atoms with Crippen LogP contribution in [0, 0.1) is 5.41 Å². The molecule has 1 aliphatic carbocycles. The Kier molecular flexibility index (Phi) is 5.27. The Morgan fingerprint density at radius 2 is 1.88 bits per heavy atom. The van der Waals surface area contributed by atoms with Gasteiger partial charge in [-0.25, -0.2) is 13.4 Å². The lowest BCUT2D eigenvalue weighted by molar-refractivity contribution is -0.137. The van der Waals surface area contributed by atoms with Crippen molar-refractivity contribution in [3.63, 3.8) is 0 Å². The maximum atomic E-state index is 13.4. The summed E-state index contributed by atoms with van der Waals surface area (Å²) >= 11 is 0. The minimum atomic E-state index is -5.76. The molecule has 1 aromatic heterocycles. The second-order valence-electron chi connectivity index (χ2n) is 8.46. The van der Waals surface area contributed by atoms with Gasteiger partial charge in [-0.15, -0.1) is 0 Å². The molecule has 1 N–H and O–H groups in total. The predicted octanol–water partition coefficient (Wildman–Crippen LogP) is 4.27. The molecule has 0 saturated heterocycles. The van der Waals surface area contributed by atoms with E-state index in [9.17, 15) is 34.8 Å². The van der Waals surface area contributed by atoms with E-state index in [4.69, 9.17) is 0 Å². The number of halogens is 6. The fourth-order valence-electron chi connectivity index (χ4n) is 4.09. The van der Waals surface area contributed by atoms with Crippen LogP contribution in [-0.2, 0) is 29.3 Å². The first-order chi connectivity index (χ1) is 14.7. The summed E-state index contributed by atoms with van der Waals surface area (Å²) < 4.78 is 105. The number of hydrogen-bond donors (Lipinski definition) is 1. The lowest BCUT2D eigenvalue weighted by Crippen LogP contribution is -2.50. The number of nitrogens with one attached hydrogen (secondary N) is 1. The number of aromatic nitrogens is 2. The SMILES string of the molecule is CC1([C@H]2CN(S(=O)(=O)C(F)(F)F)Cc3cc(C(F)(F)F)ccc3N2Cc2cnc[nH]2)CC1. The van der Waals surface area contributed by atoms with Gasteiger partial charge in [0.25, 0.3) is 0 Å². The lowest BCUT2D eigenvalue weighted by atomic mass is 9.96. The van der Waals surface area contributed by atoms with Crippen LogP contribution in [-0.4, -0.2) is 40.8 Å². The summed E-state index contributed by atoms with van der Waals surface area (Å²) in [6, 6.07) is 2.11. The molecule has 6 nitrogen and oxygen atoms in total. The van der Waals surface area contributed by atoms with Crippen molar-refractivity contribution in [1.82, 2.24) is 14.3 Å². The Morgan fingerprint density at radius 3 is 2.41 bits per heavy atom. The molecule has 0 bridgehead atoms. The van der Waals surface area contributed by atoms with Gasteiger partial charge in [-0.3, -0.25) is 0 Å². The summed E-state index contributed by atoms with van der Waals surface area (Å²) in [5.41, 5.74) is -6.38. The Hall–Kier alpha value is -2.28. The van der Waals surface area contributed by atoms with E-state index in [1.807, 2.05) is 6.92 Å². The molecule has 0 spiro atoms. The number of alkyl halides is 6. The zero-order valence-electron chi connectivity index (χ0n) is 16.8. The zero-order valence-corrected chi connectivity index (χ0v) is 17.7. The number of fused-ring (bicyclic) bond motifs is 1. The molecule has 2 aliphatic rings. The van der Waals surface area contributed by atoms with Crippen molar-refractivity contribution in [1.29, 1.82) is 0 Å². The monoisotopic (exact) mass is 482 g/mol. The van der Waals surface area contributed by atoms with Crippen molar-refractivity contribution in [2.45, 2.75) is 50.6 Å². The summed E-state index contributed by atoms with van der Waals surface area (Å²) in [6.07, 6.45) is -0.495. The molecule has 32 heavy (non-hydrogen) atoms. The van der Waals surface area contributed by atoms with E-state index in [1.165, 1.54) is 18.6 Å². The standard InChI is InChI=1S/C19H20F6N4O2S/c1-17(4-5-17)16-10-28(32(30,31)19(23,24)25)8-12-6-13(18(20,21)22)2-3-15(12)29(16)9-14-7-26-11-27-14/h2-3,6-7,11,16H,4-5,8-10H2,1H3,(H,26,27)/t16-/m1/s1. The minimum Gasteiger partial charge on any atom is -0.361 e.